The number of hydrogen-bond donors (Lipinski definition) is 0. The van der Waals surface area contributed by atoms with Gasteiger partial charge in [-0.2, -0.15) is 0 Å². The highest BCUT2D eigenvalue weighted by Gasteiger charge is 2.67. The molecule has 2 aliphatic carbocycles. The average molecular weight is 266 g/mol. The van der Waals surface area contributed by atoms with E-state index in [1.807, 2.05) is 0 Å². The van der Waals surface area contributed by atoms with Crippen LogP contribution < -0.4 is 0 Å². The summed E-state index contributed by atoms with van der Waals surface area (Å²) in [6, 6.07) is 0. The number of alkyl halides is 1. The summed E-state index contributed by atoms with van der Waals surface area (Å²) in [5.41, 5.74) is 0. The van der Waals surface area contributed by atoms with Gasteiger partial charge in [-0.15, -0.1) is 0 Å². The molecule has 0 aromatic carbocycles. The summed E-state index contributed by atoms with van der Waals surface area (Å²) < 4.78 is 12.2. The summed E-state index contributed by atoms with van der Waals surface area (Å²) in [7, 11) is 0. The smallest absolute Gasteiger partial charge is 0.172 e. The van der Waals surface area contributed by atoms with E-state index in [9.17, 15) is 0 Å². The third-order valence-electron chi connectivity index (χ3n) is 3.18. The average Bonchev–Trinajstić information content (AvgIpc) is 2.52. The zero-order chi connectivity index (χ0) is 7.47. The van der Waals surface area contributed by atoms with E-state index in [1.54, 1.807) is 0 Å². The Bertz CT molecular complexity index is 183. The molecule has 0 amide bonds. The van der Waals surface area contributed by atoms with Gasteiger partial charge in [-0.05, 0) is 12.3 Å². The van der Waals surface area contributed by atoms with Crippen LogP contribution in [-0.2, 0) is 9.47 Å². The van der Waals surface area contributed by atoms with Gasteiger partial charge in [0.1, 0.15) is 0 Å². The van der Waals surface area contributed by atoms with Crippen LogP contribution in [-0.4, -0.2) is 22.9 Å². The lowest BCUT2D eigenvalue weighted by Gasteiger charge is -2.23. The highest BCUT2D eigenvalue weighted by atomic mass is 127. The van der Waals surface area contributed by atoms with Crippen molar-refractivity contribution in [2.45, 2.75) is 22.6 Å². The molecule has 0 N–H and O–H groups in total. The Morgan fingerprint density at radius 1 is 1.27 bits per heavy atom. The van der Waals surface area contributed by atoms with Crippen molar-refractivity contribution < 1.29 is 9.47 Å². The minimum Gasteiger partial charge on any atom is -0.347 e. The first-order valence-corrected chi connectivity index (χ1v) is 5.50. The van der Waals surface area contributed by atoms with Gasteiger partial charge in [-0.1, -0.05) is 22.6 Å². The molecular formula is C8H11IO2. The van der Waals surface area contributed by atoms with Crippen LogP contribution >= 0.6 is 22.6 Å². The molecule has 1 saturated heterocycles. The van der Waals surface area contributed by atoms with Gasteiger partial charge in [0, 0.05) is 16.3 Å². The van der Waals surface area contributed by atoms with Crippen LogP contribution in [0.1, 0.15) is 12.8 Å². The van der Waals surface area contributed by atoms with Crippen molar-refractivity contribution in [3.8, 4) is 0 Å². The number of fused-ring (bicyclic) bond motifs is 2. The fraction of sp³-hybridized carbons (Fsp3) is 1.00. The minimum absolute atomic E-state index is 0.115. The van der Waals surface area contributed by atoms with Crippen LogP contribution in [0, 0.1) is 11.8 Å². The van der Waals surface area contributed by atoms with Crippen molar-refractivity contribution in [1.82, 2.24) is 0 Å². The topological polar surface area (TPSA) is 18.5 Å². The largest absolute Gasteiger partial charge is 0.347 e. The lowest BCUT2D eigenvalue weighted by Crippen LogP contribution is -2.31. The predicted octanol–water partition coefficient (Wildman–Crippen LogP) is 1.57. The highest BCUT2D eigenvalue weighted by Crippen LogP contribution is 2.63. The Hall–Kier alpha value is 0.650. The maximum atomic E-state index is 5.70. The molecule has 1 unspecified atom stereocenters. The molecule has 0 radical (unpaired) electrons. The fourth-order valence-corrected chi connectivity index (χ4v) is 4.23. The molecule has 3 atom stereocenters. The van der Waals surface area contributed by atoms with Crippen molar-refractivity contribution >= 4 is 22.6 Å². The summed E-state index contributed by atoms with van der Waals surface area (Å²) in [4.78, 5) is 0. The van der Waals surface area contributed by atoms with E-state index < -0.39 is 0 Å². The molecule has 3 heteroatoms. The van der Waals surface area contributed by atoms with Crippen LogP contribution in [0.15, 0.2) is 0 Å². The standard InChI is InChI=1S/C8H11IO2/c9-7-5-1-2-8(6(5)7)10-3-4-11-8/h5-7H,1-4H2/t5-,6+,7?/m0/s1. The molecule has 0 aromatic heterocycles. The first-order chi connectivity index (χ1) is 5.33. The molecule has 2 nitrogen and oxygen atoms in total. The third-order valence-corrected chi connectivity index (χ3v) is 4.88. The molecule has 2 saturated carbocycles. The lowest BCUT2D eigenvalue weighted by atomic mass is 10.1. The molecule has 3 fully saturated rings. The fourth-order valence-electron chi connectivity index (χ4n) is 2.58. The van der Waals surface area contributed by atoms with Crippen molar-refractivity contribution in [2.75, 3.05) is 13.2 Å². The van der Waals surface area contributed by atoms with E-state index in [0.717, 1.165) is 35.4 Å². The van der Waals surface area contributed by atoms with Crippen molar-refractivity contribution in [2.24, 2.45) is 11.8 Å². The third kappa shape index (κ3) is 0.795. The molecule has 3 rings (SSSR count). The monoisotopic (exact) mass is 266 g/mol. The first-order valence-electron chi connectivity index (χ1n) is 4.25. The van der Waals surface area contributed by atoms with Gasteiger partial charge in [-0.25, -0.2) is 0 Å². The highest BCUT2D eigenvalue weighted by molar-refractivity contribution is 14.1. The van der Waals surface area contributed by atoms with Crippen LogP contribution in [0.25, 0.3) is 0 Å². The van der Waals surface area contributed by atoms with Crippen LogP contribution in [0.5, 0.6) is 0 Å². The molecule has 62 valence electrons. The number of rotatable bonds is 0. The van der Waals surface area contributed by atoms with Gasteiger partial charge >= 0.3 is 0 Å². The Morgan fingerprint density at radius 2 is 2.00 bits per heavy atom. The predicted molar refractivity (Wildman–Crippen MR) is 48.7 cm³/mol. The van der Waals surface area contributed by atoms with Gasteiger partial charge in [0.15, 0.2) is 5.79 Å². The van der Waals surface area contributed by atoms with Gasteiger partial charge in [0.25, 0.3) is 0 Å². The van der Waals surface area contributed by atoms with Crippen LogP contribution in [0.3, 0.4) is 0 Å². The molecule has 1 spiro atoms. The van der Waals surface area contributed by atoms with Crippen LogP contribution in [0.4, 0.5) is 0 Å². The van der Waals surface area contributed by atoms with E-state index in [-0.39, 0.29) is 5.79 Å². The Balaban J connectivity index is 1.87. The van der Waals surface area contributed by atoms with E-state index in [1.165, 1.54) is 6.42 Å². The van der Waals surface area contributed by atoms with E-state index in [4.69, 9.17) is 9.47 Å². The zero-order valence-electron chi connectivity index (χ0n) is 6.25. The second-order valence-electron chi connectivity index (χ2n) is 3.68. The Labute approximate surface area is 79.8 Å². The summed E-state index contributed by atoms with van der Waals surface area (Å²) >= 11 is 2.53. The van der Waals surface area contributed by atoms with Gasteiger partial charge < -0.3 is 9.47 Å². The lowest BCUT2D eigenvalue weighted by molar-refractivity contribution is -0.165. The summed E-state index contributed by atoms with van der Waals surface area (Å²) in [6.07, 6.45) is 2.46. The molecule has 3 aliphatic rings. The minimum atomic E-state index is -0.115. The van der Waals surface area contributed by atoms with Gasteiger partial charge in [-0.3, -0.25) is 0 Å². The molecule has 0 aromatic rings. The number of halogens is 1. The second kappa shape index (κ2) is 2.12. The van der Waals surface area contributed by atoms with Gasteiger partial charge in [0.2, 0.25) is 0 Å². The van der Waals surface area contributed by atoms with Gasteiger partial charge in [0.05, 0.1) is 13.2 Å². The molecule has 1 heterocycles. The normalized spacial score (nSPS) is 51.5. The molecular weight excluding hydrogens is 255 g/mol. The number of hydrogen-bond acceptors (Lipinski definition) is 2. The Morgan fingerprint density at radius 3 is 2.55 bits per heavy atom. The SMILES string of the molecule is IC1[C@H]2CCC3(OCCO3)[C@@H]12. The molecule has 0 bridgehead atoms. The van der Waals surface area contributed by atoms with E-state index in [2.05, 4.69) is 22.6 Å². The maximum Gasteiger partial charge on any atom is 0.172 e. The number of ether oxygens (including phenoxy) is 2. The maximum absolute atomic E-state index is 5.70. The van der Waals surface area contributed by atoms with Crippen molar-refractivity contribution in [1.29, 1.82) is 0 Å². The molecule has 1 aliphatic heterocycles. The summed E-state index contributed by atoms with van der Waals surface area (Å²) in [5.74, 6) is 1.52. The van der Waals surface area contributed by atoms with Crippen LogP contribution in [0.2, 0.25) is 0 Å². The van der Waals surface area contributed by atoms with E-state index >= 15 is 0 Å². The summed E-state index contributed by atoms with van der Waals surface area (Å²) in [6.45, 7) is 1.62. The Kier molecular flexibility index (Phi) is 1.36. The van der Waals surface area contributed by atoms with Crippen molar-refractivity contribution in [3.05, 3.63) is 0 Å². The summed E-state index contributed by atoms with van der Waals surface area (Å²) in [5, 5.41) is 0. The zero-order valence-corrected chi connectivity index (χ0v) is 8.41. The second-order valence-corrected chi connectivity index (χ2v) is 5.12. The van der Waals surface area contributed by atoms with Crippen molar-refractivity contribution in [3.63, 3.8) is 0 Å². The van der Waals surface area contributed by atoms with E-state index in [0.29, 0.717) is 0 Å². The quantitative estimate of drug-likeness (QED) is 0.489. The first kappa shape index (κ1) is 7.09. The molecule has 11 heavy (non-hydrogen) atoms.